The largest absolute Gasteiger partial charge is 0.306 e. The third-order valence-corrected chi connectivity index (χ3v) is 2.92. The Labute approximate surface area is 107 Å². The van der Waals surface area contributed by atoms with E-state index >= 15 is 0 Å². The van der Waals surface area contributed by atoms with Gasteiger partial charge in [0.25, 0.3) is 0 Å². The predicted molar refractivity (Wildman–Crippen MR) is 69.6 cm³/mol. The molecule has 0 spiro atoms. The minimum absolute atomic E-state index is 0.191. The number of nitrogens with zero attached hydrogens (tertiary/aromatic N) is 2. The van der Waals surface area contributed by atoms with Gasteiger partial charge in [-0.1, -0.05) is 12.1 Å². The molecule has 4 heteroatoms. The molecule has 0 saturated carbocycles. The third-order valence-electron chi connectivity index (χ3n) is 2.92. The van der Waals surface area contributed by atoms with Gasteiger partial charge in [-0.25, -0.2) is 4.39 Å². The van der Waals surface area contributed by atoms with Gasteiger partial charge in [0.2, 0.25) is 0 Å². The molecule has 96 valence electrons. The maximum absolute atomic E-state index is 12.8. The van der Waals surface area contributed by atoms with Crippen LogP contribution in [0, 0.1) is 5.82 Å². The van der Waals surface area contributed by atoms with Crippen molar-refractivity contribution >= 4 is 0 Å². The van der Waals surface area contributed by atoms with Gasteiger partial charge in [-0.15, -0.1) is 0 Å². The van der Waals surface area contributed by atoms with Crippen molar-refractivity contribution in [3.8, 4) is 0 Å². The van der Waals surface area contributed by atoms with Crippen molar-refractivity contribution in [2.45, 2.75) is 32.5 Å². The SMILES string of the molecule is CC(Cn1cccn1)NC(C)c1ccc(F)cc1. The van der Waals surface area contributed by atoms with Crippen LogP contribution in [-0.2, 0) is 6.54 Å². The monoisotopic (exact) mass is 247 g/mol. The summed E-state index contributed by atoms with van der Waals surface area (Å²) in [4.78, 5) is 0. The minimum atomic E-state index is -0.199. The summed E-state index contributed by atoms with van der Waals surface area (Å²) in [7, 11) is 0. The van der Waals surface area contributed by atoms with Crippen molar-refractivity contribution in [3.05, 3.63) is 54.1 Å². The van der Waals surface area contributed by atoms with Crippen LogP contribution in [-0.4, -0.2) is 15.8 Å². The van der Waals surface area contributed by atoms with E-state index < -0.39 is 0 Å². The van der Waals surface area contributed by atoms with Gasteiger partial charge in [0.05, 0.1) is 6.54 Å². The lowest BCUT2D eigenvalue weighted by molar-refractivity contribution is 0.413. The molecule has 1 aromatic carbocycles. The first-order chi connectivity index (χ1) is 8.65. The molecular weight excluding hydrogens is 229 g/mol. The lowest BCUT2D eigenvalue weighted by atomic mass is 10.1. The van der Waals surface area contributed by atoms with Crippen molar-refractivity contribution in [1.82, 2.24) is 15.1 Å². The topological polar surface area (TPSA) is 29.9 Å². The standard InChI is InChI=1S/C14H18FN3/c1-11(10-18-9-3-8-16-18)17-12(2)13-4-6-14(15)7-5-13/h3-9,11-12,17H,10H2,1-2H3. The maximum atomic E-state index is 12.8. The average molecular weight is 247 g/mol. The normalized spacial score (nSPS) is 14.4. The highest BCUT2D eigenvalue weighted by Crippen LogP contribution is 2.13. The number of aromatic nitrogens is 2. The Morgan fingerprint density at radius 3 is 2.61 bits per heavy atom. The maximum Gasteiger partial charge on any atom is 0.123 e. The predicted octanol–water partition coefficient (Wildman–Crippen LogP) is 2.76. The first-order valence-electron chi connectivity index (χ1n) is 6.14. The van der Waals surface area contributed by atoms with E-state index in [1.807, 2.05) is 29.1 Å². The summed E-state index contributed by atoms with van der Waals surface area (Å²) in [5.74, 6) is -0.199. The minimum Gasteiger partial charge on any atom is -0.306 e. The van der Waals surface area contributed by atoms with Crippen molar-refractivity contribution in [1.29, 1.82) is 0 Å². The van der Waals surface area contributed by atoms with E-state index in [2.05, 4.69) is 24.3 Å². The van der Waals surface area contributed by atoms with Crippen LogP contribution in [0.2, 0.25) is 0 Å². The molecule has 2 unspecified atom stereocenters. The zero-order chi connectivity index (χ0) is 13.0. The summed E-state index contributed by atoms with van der Waals surface area (Å²) in [6, 6.07) is 9.01. The highest BCUT2D eigenvalue weighted by Gasteiger charge is 2.10. The van der Waals surface area contributed by atoms with Gasteiger partial charge in [0.15, 0.2) is 0 Å². The molecule has 0 amide bonds. The number of hydrogen-bond acceptors (Lipinski definition) is 2. The molecular formula is C14H18FN3. The van der Waals surface area contributed by atoms with E-state index in [-0.39, 0.29) is 11.9 Å². The molecule has 1 aromatic heterocycles. The van der Waals surface area contributed by atoms with Crippen molar-refractivity contribution in [3.63, 3.8) is 0 Å². The van der Waals surface area contributed by atoms with Crippen LogP contribution in [0.5, 0.6) is 0 Å². The smallest absolute Gasteiger partial charge is 0.123 e. The summed E-state index contributed by atoms with van der Waals surface area (Å²) in [5, 5.41) is 7.65. The number of benzene rings is 1. The molecule has 3 nitrogen and oxygen atoms in total. The van der Waals surface area contributed by atoms with Gasteiger partial charge < -0.3 is 5.32 Å². The molecule has 0 aliphatic carbocycles. The molecule has 0 radical (unpaired) electrons. The Morgan fingerprint density at radius 1 is 1.28 bits per heavy atom. The highest BCUT2D eigenvalue weighted by molar-refractivity contribution is 5.19. The molecule has 0 aliphatic rings. The zero-order valence-electron chi connectivity index (χ0n) is 10.7. The van der Waals surface area contributed by atoms with E-state index in [0.29, 0.717) is 6.04 Å². The van der Waals surface area contributed by atoms with Crippen LogP contribution < -0.4 is 5.32 Å². The van der Waals surface area contributed by atoms with Gasteiger partial charge in [0.1, 0.15) is 5.82 Å². The van der Waals surface area contributed by atoms with Crippen LogP contribution in [0.25, 0.3) is 0 Å². The van der Waals surface area contributed by atoms with Crippen LogP contribution in [0.4, 0.5) is 4.39 Å². The first kappa shape index (κ1) is 12.8. The van der Waals surface area contributed by atoms with Gasteiger partial charge in [-0.05, 0) is 37.6 Å². The fraction of sp³-hybridized carbons (Fsp3) is 0.357. The quantitative estimate of drug-likeness (QED) is 0.880. The molecule has 0 aliphatic heterocycles. The molecule has 1 N–H and O–H groups in total. The lowest BCUT2D eigenvalue weighted by Gasteiger charge is -2.20. The van der Waals surface area contributed by atoms with Crippen molar-refractivity contribution in [2.24, 2.45) is 0 Å². The highest BCUT2D eigenvalue weighted by atomic mass is 19.1. The second-order valence-electron chi connectivity index (χ2n) is 4.57. The average Bonchev–Trinajstić information content (AvgIpc) is 2.82. The molecule has 1 heterocycles. The van der Waals surface area contributed by atoms with Gasteiger partial charge in [-0.3, -0.25) is 4.68 Å². The summed E-state index contributed by atoms with van der Waals surface area (Å²) < 4.78 is 14.7. The Bertz CT molecular complexity index is 464. The van der Waals surface area contributed by atoms with Crippen LogP contribution in [0.3, 0.4) is 0 Å². The zero-order valence-corrected chi connectivity index (χ0v) is 10.7. The van der Waals surface area contributed by atoms with Crippen molar-refractivity contribution in [2.75, 3.05) is 0 Å². The van der Waals surface area contributed by atoms with E-state index in [9.17, 15) is 4.39 Å². The molecule has 2 rings (SSSR count). The van der Waals surface area contributed by atoms with E-state index in [1.165, 1.54) is 12.1 Å². The first-order valence-corrected chi connectivity index (χ1v) is 6.14. The molecule has 0 fully saturated rings. The summed E-state index contributed by atoms with van der Waals surface area (Å²) in [6.07, 6.45) is 3.72. The molecule has 2 atom stereocenters. The van der Waals surface area contributed by atoms with Gasteiger partial charge in [0, 0.05) is 24.5 Å². The number of nitrogens with one attached hydrogen (secondary N) is 1. The number of rotatable bonds is 5. The van der Waals surface area contributed by atoms with Gasteiger partial charge in [-0.2, -0.15) is 5.10 Å². The van der Waals surface area contributed by atoms with E-state index in [4.69, 9.17) is 0 Å². The van der Waals surface area contributed by atoms with Crippen LogP contribution >= 0.6 is 0 Å². The second kappa shape index (κ2) is 5.78. The summed E-state index contributed by atoms with van der Waals surface area (Å²) in [6.45, 7) is 5.01. The van der Waals surface area contributed by atoms with Crippen molar-refractivity contribution < 1.29 is 4.39 Å². The Hall–Kier alpha value is -1.68. The summed E-state index contributed by atoms with van der Waals surface area (Å²) >= 11 is 0. The van der Waals surface area contributed by atoms with Crippen LogP contribution in [0.1, 0.15) is 25.5 Å². The lowest BCUT2D eigenvalue weighted by Crippen LogP contribution is -2.32. The number of halogens is 1. The Morgan fingerprint density at radius 2 is 2.00 bits per heavy atom. The molecule has 0 saturated heterocycles. The Kier molecular flexibility index (Phi) is 4.10. The van der Waals surface area contributed by atoms with E-state index in [1.54, 1.807) is 6.20 Å². The third kappa shape index (κ3) is 3.40. The molecule has 2 aromatic rings. The van der Waals surface area contributed by atoms with E-state index in [0.717, 1.165) is 12.1 Å². The summed E-state index contributed by atoms with van der Waals surface area (Å²) in [5.41, 5.74) is 1.09. The number of hydrogen-bond donors (Lipinski definition) is 1. The molecule has 18 heavy (non-hydrogen) atoms. The van der Waals surface area contributed by atoms with Gasteiger partial charge >= 0.3 is 0 Å². The fourth-order valence-electron chi connectivity index (χ4n) is 2.02. The second-order valence-corrected chi connectivity index (χ2v) is 4.57. The Balaban J connectivity index is 1.90. The van der Waals surface area contributed by atoms with Crippen LogP contribution in [0.15, 0.2) is 42.7 Å². The fourth-order valence-corrected chi connectivity index (χ4v) is 2.02. The molecule has 0 bridgehead atoms.